The molecule has 1 unspecified atom stereocenters. The van der Waals surface area contributed by atoms with Crippen molar-refractivity contribution in [1.29, 1.82) is 0 Å². The zero-order valence-corrected chi connectivity index (χ0v) is 21.5. The van der Waals surface area contributed by atoms with Gasteiger partial charge in [-0.15, -0.1) is 0 Å². The predicted molar refractivity (Wildman–Crippen MR) is 136 cm³/mol. The summed E-state index contributed by atoms with van der Waals surface area (Å²) >= 11 is 16.2. The van der Waals surface area contributed by atoms with Gasteiger partial charge in [-0.2, -0.15) is 25.8 Å². The maximum Gasteiger partial charge on any atom is 0.416 e. The maximum absolute atomic E-state index is 13.1. The molecule has 0 aliphatic heterocycles. The van der Waals surface area contributed by atoms with Crippen LogP contribution < -0.4 is 5.32 Å². The third-order valence-electron chi connectivity index (χ3n) is 5.03. The van der Waals surface area contributed by atoms with Gasteiger partial charge < -0.3 is 10.4 Å². The van der Waals surface area contributed by atoms with Gasteiger partial charge in [0.25, 0.3) is 5.91 Å². The van der Waals surface area contributed by atoms with E-state index in [1.807, 2.05) is 0 Å². The summed E-state index contributed by atoms with van der Waals surface area (Å²) in [4.78, 5) is 37.7. The highest BCUT2D eigenvalue weighted by Gasteiger charge is 2.35. The van der Waals surface area contributed by atoms with E-state index >= 15 is 0 Å². The first-order chi connectivity index (χ1) is 16.5. The number of rotatable bonds is 9. The van der Waals surface area contributed by atoms with E-state index in [9.17, 15) is 32.7 Å². The number of benzene rings is 2. The van der Waals surface area contributed by atoms with Crippen LogP contribution in [0.15, 0.2) is 60.3 Å². The van der Waals surface area contributed by atoms with Crippen LogP contribution in [0.4, 0.5) is 13.2 Å². The van der Waals surface area contributed by atoms with Gasteiger partial charge in [0, 0.05) is 16.7 Å². The van der Waals surface area contributed by atoms with Crippen molar-refractivity contribution in [1.82, 2.24) is 5.32 Å². The van der Waals surface area contributed by atoms with Crippen LogP contribution >= 0.6 is 35.8 Å². The topological polar surface area (TPSA) is 83.5 Å². The molecule has 192 valence electrons. The van der Waals surface area contributed by atoms with Crippen LogP contribution in [-0.4, -0.2) is 27.5 Å². The molecule has 0 bridgehead atoms. The summed E-state index contributed by atoms with van der Waals surface area (Å²) in [5.74, 6) is -3.94. The molecule has 1 atom stereocenters. The van der Waals surface area contributed by atoms with E-state index in [0.29, 0.717) is 5.56 Å². The highest BCUT2D eigenvalue weighted by atomic mass is 35.5. The van der Waals surface area contributed by atoms with E-state index in [0.717, 1.165) is 24.3 Å². The molecule has 0 aliphatic rings. The zero-order chi connectivity index (χ0) is 27.4. The van der Waals surface area contributed by atoms with Gasteiger partial charge in [-0.1, -0.05) is 41.4 Å². The molecule has 0 spiro atoms. The van der Waals surface area contributed by atoms with E-state index in [1.54, 1.807) is 13.8 Å². The molecule has 0 fully saturated rings. The maximum atomic E-state index is 13.1. The second-order valence-corrected chi connectivity index (χ2v) is 10.4. The van der Waals surface area contributed by atoms with E-state index in [-0.39, 0.29) is 26.9 Å². The van der Waals surface area contributed by atoms with Crippen molar-refractivity contribution in [3.8, 4) is 0 Å². The second-order valence-electron chi connectivity index (χ2n) is 8.44. The molecule has 2 rings (SSSR count). The number of ketones is 1. The number of hydrogen-bond acceptors (Lipinski definition) is 4. The van der Waals surface area contributed by atoms with Gasteiger partial charge in [0.1, 0.15) is 0 Å². The molecule has 0 saturated heterocycles. The zero-order valence-electron chi connectivity index (χ0n) is 19.1. The van der Waals surface area contributed by atoms with Crippen molar-refractivity contribution < 1.29 is 32.7 Å². The molecule has 11 heteroatoms. The molecule has 2 aromatic rings. The Morgan fingerprint density at radius 3 is 2.14 bits per heavy atom. The minimum absolute atomic E-state index is 0.0521. The average Bonchev–Trinajstić information content (AvgIpc) is 2.73. The fourth-order valence-electron chi connectivity index (χ4n) is 3.34. The van der Waals surface area contributed by atoms with E-state index < -0.39 is 46.5 Å². The Bertz CT molecular complexity index is 1220. The summed E-state index contributed by atoms with van der Waals surface area (Å²) < 4.78 is 37.5. The first-order valence-electron chi connectivity index (χ1n) is 10.3. The largest absolute Gasteiger partial charge is 0.481 e. The lowest BCUT2D eigenvalue weighted by atomic mass is 9.85. The number of thiol groups is 1. The minimum atomic E-state index is -4.58. The van der Waals surface area contributed by atoms with Gasteiger partial charge >= 0.3 is 12.1 Å². The van der Waals surface area contributed by atoms with Crippen molar-refractivity contribution in [2.45, 2.75) is 31.2 Å². The lowest BCUT2D eigenvalue weighted by Crippen LogP contribution is -2.35. The van der Waals surface area contributed by atoms with Crippen LogP contribution in [-0.2, 0) is 15.8 Å². The fraction of sp³-hybridized carbons (Fsp3) is 0.240. The number of carbonyl (C=O) groups is 3. The molecule has 5 nitrogen and oxygen atoms in total. The lowest BCUT2D eigenvalue weighted by molar-refractivity contribution is -0.141. The Morgan fingerprint density at radius 2 is 1.67 bits per heavy atom. The number of carbonyl (C=O) groups excluding carboxylic acids is 2. The van der Waals surface area contributed by atoms with Gasteiger partial charge in [-0.05, 0) is 61.9 Å². The highest BCUT2D eigenvalue weighted by Crippen LogP contribution is 2.32. The Balaban J connectivity index is 2.40. The summed E-state index contributed by atoms with van der Waals surface area (Å²) in [6, 6.07) is 7.87. The SMILES string of the molecule is C=C(CC(=O)/C(=C\c1ccc(Cl)c(Cl)c1)NC(=O)c1ccc(C(F)(F)F)cc1)C(C(=O)O)C(C)(C)S. The van der Waals surface area contributed by atoms with Crippen molar-refractivity contribution >= 4 is 59.6 Å². The highest BCUT2D eigenvalue weighted by molar-refractivity contribution is 7.81. The normalized spacial score (nSPS) is 13.2. The van der Waals surface area contributed by atoms with Crippen LogP contribution in [0.3, 0.4) is 0 Å². The Kier molecular flexibility index (Phi) is 9.45. The smallest absolute Gasteiger partial charge is 0.416 e. The number of nitrogens with one attached hydrogen (secondary N) is 1. The van der Waals surface area contributed by atoms with E-state index in [1.165, 1.54) is 24.3 Å². The predicted octanol–water partition coefficient (Wildman–Crippen LogP) is 6.71. The van der Waals surface area contributed by atoms with Crippen molar-refractivity contribution in [2.75, 3.05) is 0 Å². The van der Waals surface area contributed by atoms with Crippen molar-refractivity contribution in [2.24, 2.45) is 5.92 Å². The number of Topliss-reactive ketones (excluding diaryl/α,β-unsaturated/α-hetero) is 1. The molecule has 2 N–H and O–H groups in total. The number of amides is 1. The third kappa shape index (κ3) is 7.88. The first kappa shape index (κ1) is 29.5. The van der Waals surface area contributed by atoms with Gasteiger partial charge in [0.05, 0.1) is 27.2 Å². The standard InChI is InChI=1S/C25H22Cl2F3NO4S/c1-13(21(23(34)35)24(2,3)36)10-20(32)19(12-14-4-9-17(26)18(27)11-14)31-22(33)15-5-7-16(8-6-15)25(28,29)30/h4-9,11-12,21,36H,1,10H2,2-3H3,(H,31,33)(H,34,35)/b19-12+. The van der Waals surface area contributed by atoms with E-state index in [2.05, 4.69) is 24.5 Å². The summed E-state index contributed by atoms with van der Waals surface area (Å²) in [5, 5.41) is 12.4. The molecule has 2 aromatic carbocycles. The molecule has 0 aromatic heterocycles. The summed E-state index contributed by atoms with van der Waals surface area (Å²) in [5.41, 5.74) is -0.881. The fourth-order valence-corrected chi connectivity index (χ4v) is 3.94. The summed E-state index contributed by atoms with van der Waals surface area (Å²) in [7, 11) is 0. The Morgan fingerprint density at radius 1 is 1.08 bits per heavy atom. The molecule has 0 heterocycles. The number of aliphatic carboxylic acids is 1. The van der Waals surface area contributed by atoms with Crippen molar-refractivity contribution in [3.63, 3.8) is 0 Å². The quantitative estimate of drug-likeness (QED) is 0.181. The molecular formula is C25H22Cl2F3NO4S. The molecule has 1 amide bonds. The lowest BCUT2D eigenvalue weighted by Gasteiger charge is -2.27. The number of carboxylic acid groups (broad SMARTS) is 1. The van der Waals surface area contributed by atoms with Crippen LogP contribution in [0.2, 0.25) is 10.0 Å². The van der Waals surface area contributed by atoms with Gasteiger partial charge in [0.15, 0.2) is 5.78 Å². The second kappa shape index (κ2) is 11.5. The van der Waals surface area contributed by atoms with Crippen molar-refractivity contribution in [3.05, 3.63) is 87.0 Å². The molecule has 0 radical (unpaired) electrons. The van der Waals surface area contributed by atoms with E-state index in [4.69, 9.17) is 23.2 Å². The first-order valence-corrected chi connectivity index (χ1v) is 11.5. The van der Waals surface area contributed by atoms with Crippen LogP contribution in [0, 0.1) is 5.92 Å². The van der Waals surface area contributed by atoms with Crippen LogP contribution in [0.25, 0.3) is 6.08 Å². The summed E-state index contributed by atoms with van der Waals surface area (Å²) in [6.45, 7) is 6.85. The number of allylic oxidation sites excluding steroid dienone is 1. The van der Waals surface area contributed by atoms with Crippen LogP contribution in [0.1, 0.15) is 41.8 Å². The summed E-state index contributed by atoms with van der Waals surface area (Å²) in [6.07, 6.45) is -3.73. The molecule has 0 aliphatic carbocycles. The Hall–Kier alpha value is -2.75. The molecular weight excluding hydrogens is 538 g/mol. The monoisotopic (exact) mass is 559 g/mol. The Labute approximate surface area is 221 Å². The van der Waals surface area contributed by atoms with Gasteiger partial charge in [0.2, 0.25) is 0 Å². The number of alkyl halides is 3. The average molecular weight is 560 g/mol. The number of halogens is 5. The number of carboxylic acids is 1. The molecule has 0 saturated carbocycles. The van der Waals surface area contributed by atoms with Crippen LogP contribution in [0.5, 0.6) is 0 Å². The minimum Gasteiger partial charge on any atom is -0.481 e. The van der Waals surface area contributed by atoms with Gasteiger partial charge in [-0.3, -0.25) is 14.4 Å². The van der Waals surface area contributed by atoms with Gasteiger partial charge in [-0.25, -0.2) is 0 Å². The molecule has 36 heavy (non-hydrogen) atoms. The third-order valence-corrected chi connectivity index (χ3v) is 6.02. The number of hydrogen-bond donors (Lipinski definition) is 3.